The van der Waals surface area contributed by atoms with Crippen LogP contribution in [0.15, 0.2) is 170 Å². The van der Waals surface area contributed by atoms with Gasteiger partial charge in [0, 0.05) is 43.1 Å². The third-order valence-corrected chi connectivity index (χ3v) is 16.3. The van der Waals surface area contributed by atoms with Gasteiger partial charge in [0.25, 0.3) is 0 Å². The molecule has 0 aliphatic carbocycles. The molecule has 0 aliphatic rings. The van der Waals surface area contributed by atoms with Crippen LogP contribution in [-0.4, -0.2) is 8.80 Å². The Balaban J connectivity index is 1.17. The van der Waals surface area contributed by atoms with Crippen LogP contribution in [0.1, 0.15) is 105 Å². The largest absolute Gasteiger partial charge is 0.308 e. The van der Waals surface area contributed by atoms with E-state index >= 15 is 0 Å². The van der Waals surface area contributed by atoms with Crippen LogP contribution in [0.2, 0.25) is 0 Å². The summed E-state index contributed by atoms with van der Waals surface area (Å²) in [6.45, 7) is 27.5. The molecule has 13 rings (SSSR count). The Morgan fingerprint density at radius 3 is 0.583 bits per heavy atom. The van der Waals surface area contributed by atoms with Gasteiger partial charge < -0.3 is 8.80 Å². The highest BCUT2D eigenvalue weighted by atomic mass is 14.9. The molecule has 0 aliphatic heterocycles. The first-order chi connectivity index (χ1) is 34.2. The van der Waals surface area contributed by atoms with Crippen LogP contribution in [0.5, 0.6) is 0 Å². The molecule has 0 fully saturated rings. The molecule has 0 atom stereocenters. The fourth-order valence-corrected chi connectivity index (χ4v) is 12.1. The summed E-state index contributed by atoms with van der Waals surface area (Å²) in [7, 11) is 0. The van der Waals surface area contributed by atoms with Crippen LogP contribution in [0.4, 0.5) is 0 Å². The van der Waals surface area contributed by atoms with Crippen molar-refractivity contribution < 1.29 is 0 Å². The van der Waals surface area contributed by atoms with Gasteiger partial charge in [-0.1, -0.05) is 204 Å². The third-order valence-electron chi connectivity index (χ3n) is 16.3. The van der Waals surface area contributed by atoms with Gasteiger partial charge >= 0.3 is 0 Å². The number of hydrogen-bond donors (Lipinski definition) is 0. The highest BCUT2D eigenvalue weighted by Gasteiger charge is 2.30. The van der Waals surface area contributed by atoms with E-state index in [1.807, 2.05) is 0 Å². The number of benzene rings is 9. The van der Waals surface area contributed by atoms with E-state index in [0.29, 0.717) is 0 Å². The van der Waals surface area contributed by atoms with Crippen molar-refractivity contribution in [2.24, 2.45) is 0 Å². The fourth-order valence-electron chi connectivity index (χ4n) is 12.1. The van der Waals surface area contributed by atoms with E-state index in [1.165, 1.54) is 143 Å². The number of aromatic nitrogens is 2. The molecule has 0 spiro atoms. The molecule has 13 aromatic rings. The van der Waals surface area contributed by atoms with Crippen LogP contribution in [0, 0.1) is 0 Å². The molecule has 0 bridgehead atoms. The van der Waals surface area contributed by atoms with Crippen LogP contribution < -0.4 is 0 Å². The van der Waals surface area contributed by atoms with Crippen molar-refractivity contribution >= 4 is 76.2 Å². The van der Waals surface area contributed by atoms with Gasteiger partial charge in [-0.05, 0) is 137 Å². The van der Waals surface area contributed by atoms with Gasteiger partial charge in [0.2, 0.25) is 0 Å². The molecule has 2 nitrogen and oxygen atoms in total. The summed E-state index contributed by atoms with van der Waals surface area (Å²) < 4.78 is 5.21. The van der Waals surface area contributed by atoms with Gasteiger partial charge in [0.15, 0.2) is 0 Å². The summed E-state index contributed by atoms with van der Waals surface area (Å²) in [6, 6.07) is 66.0. The van der Waals surface area contributed by atoms with Gasteiger partial charge in [0.05, 0.1) is 33.1 Å². The SMILES string of the molecule is CC(C)(C)c1ccc(-c2ccc3c(c2)c2c4c5cc(-c6ccc(C(C)(C)C)cc6)ccc5n5c6ccc(-c7ccc(C(C)(C)C)cc7)cc6c(c6c7cc(-c8ccc(C(C)(C)C)cc8)ccc7n3c26)c45)cc1. The molecule has 0 saturated heterocycles. The van der Waals surface area contributed by atoms with Crippen molar-refractivity contribution in [1.82, 2.24) is 8.80 Å². The number of nitrogens with zero attached hydrogens (tertiary/aromatic N) is 2. The number of hydrogen-bond acceptors (Lipinski definition) is 0. The Labute approximate surface area is 424 Å². The molecule has 4 heterocycles. The molecule has 0 radical (unpaired) electrons. The van der Waals surface area contributed by atoms with Gasteiger partial charge in [-0.3, -0.25) is 0 Å². The van der Waals surface area contributed by atoms with E-state index in [2.05, 4.69) is 262 Å². The lowest BCUT2D eigenvalue weighted by Gasteiger charge is -2.19. The second-order valence-electron chi connectivity index (χ2n) is 25.1. The topological polar surface area (TPSA) is 8.82 Å². The van der Waals surface area contributed by atoms with E-state index in [9.17, 15) is 0 Å². The molecule has 354 valence electrons. The van der Waals surface area contributed by atoms with Crippen LogP contribution in [0.3, 0.4) is 0 Å². The molecule has 0 N–H and O–H groups in total. The van der Waals surface area contributed by atoms with Gasteiger partial charge in [-0.2, -0.15) is 0 Å². The lowest BCUT2D eigenvalue weighted by Crippen LogP contribution is -2.10. The second-order valence-corrected chi connectivity index (χ2v) is 25.1. The molecular formula is C70H64N2. The molecule has 9 aromatic carbocycles. The molecule has 2 heteroatoms. The normalized spacial score (nSPS) is 13.3. The van der Waals surface area contributed by atoms with Crippen LogP contribution in [-0.2, 0) is 21.7 Å². The van der Waals surface area contributed by atoms with E-state index in [-0.39, 0.29) is 21.7 Å². The minimum atomic E-state index is 0.0823. The smallest absolute Gasteiger partial charge is 0.0634 e. The maximum absolute atomic E-state index is 2.61. The molecular weight excluding hydrogens is 869 g/mol. The van der Waals surface area contributed by atoms with E-state index in [1.54, 1.807) is 0 Å². The predicted octanol–water partition coefficient (Wildman–Crippen LogP) is 19.8. The van der Waals surface area contributed by atoms with E-state index < -0.39 is 0 Å². The lowest BCUT2D eigenvalue weighted by atomic mass is 9.86. The Bertz CT molecular complexity index is 3720. The highest BCUT2D eigenvalue weighted by molar-refractivity contribution is 6.45. The summed E-state index contributed by atoms with van der Waals surface area (Å²) in [6.07, 6.45) is 0. The fraction of sp³-hybridized carbons (Fsp3) is 0.229. The maximum Gasteiger partial charge on any atom is 0.0634 e. The van der Waals surface area contributed by atoms with Crippen molar-refractivity contribution in [1.29, 1.82) is 0 Å². The first-order valence-corrected chi connectivity index (χ1v) is 26.1. The quantitative estimate of drug-likeness (QED) is 0.166. The molecule has 4 aromatic heterocycles. The maximum atomic E-state index is 2.61. The zero-order valence-corrected chi connectivity index (χ0v) is 44.1. The Kier molecular flexibility index (Phi) is 9.31. The van der Waals surface area contributed by atoms with Crippen LogP contribution >= 0.6 is 0 Å². The Morgan fingerprint density at radius 2 is 0.403 bits per heavy atom. The summed E-state index contributed by atoms with van der Waals surface area (Å²) in [5.41, 5.74) is 23.2. The molecule has 0 saturated carbocycles. The number of fused-ring (bicyclic) bond motifs is 14. The van der Waals surface area contributed by atoms with Crippen molar-refractivity contribution in [3.8, 4) is 44.5 Å². The average molecular weight is 933 g/mol. The van der Waals surface area contributed by atoms with Crippen molar-refractivity contribution in [3.05, 3.63) is 192 Å². The van der Waals surface area contributed by atoms with Gasteiger partial charge in [-0.15, -0.1) is 0 Å². The molecule has 0 unspecified atom stereocenters. The zero-order valence-electron chi connectivity index (χ0n) is 44.1. The first kappa shape index (κ1) is 44.5. The summed E-state index contributed by atoms with van der Waals surface area (Å²) in [5.74, 6) is 0. The summed E-state index contributed by atoms with van der Waals surface area (Å²) in [4.78, 5) is 0. The standard InChI is InChI=1S/C70H64N2/c1-67(2,3)49-25-13-41(14-26-49)45-21-33-57-53(37-45)61-62-54-38-46(42-15-27-50(28-16-42)68(4,5)6)23-35-59(54)72-60-36-24-48(44-19-31-52(32-20-44)70(10,11)12)40-56(60)64(66(62)72)63-55-39-47(22-34-58(55)71(57)65(61)63)43-17-29-51(30-18-43)69(7,8)9/h13-40H,1-12H3. The third kappa shape index (κ3) is 6.67. The summed E-state index contributed by atoms with van der Waals surface area (Å²) in [5, 5.41) is 10.5. The van der Waals surface area contributed by atoms with E-state index in [0.717, 1.165) is 0 Å². The zero-order chi connectivity index (χ0) is 50.0. The highest BCUT2D eigenvalue weighted by Crippen LogP contribution is 2.53. The predicted molar refractivity (Wildman–Crippen MR) is 312 cm³/mol. The number of rotatable bonds is 4. The van der Waals surface area contributed by atoms with Crippen molar-refractivity contribution in [2.75, 3.05) is 0 Å². The van der Waals surface area contributed by atoms with E-state index in [4.69, 9.17) is 0 Å². The monoisotopic (exact) mass is 933 g/mol. The van der Waals surface area contributed by atoms with Crippen LogP contribution in [0.25, 0.3) is 121 Å². The molecule has 72 heavy (non-hydrogen) atoms. The Morgan fingerprint density at radius 1 is 0.222 bits per heavy atom. The second kappa shape index (κ2) is 15.1. The van der Waals surface area contributed by atoms with Gasteiger partial charge in [0.1, 0.15) is 0 Å². The Hall–Kier alpha value is -7.42. The first-order valence-electron chi connectivity index (χ1n) is 26.1. The lowest BCUT2D eigenvalue weighted by molar-refractivity contribution is 0.590. The summed E-state index contributed by atoms with van der Waals surface area (Å²) >= 11 is 0. The van der Waals surface area contributed by atoms with Crippen molar-refractivity contribution in [2.45, 2.75) is 105 Å². The van der Waals surface area contributed by atoms with Gasteiger partial charge in [-0.25, -0.2) is 0 Å². The average Bonchev–Trinajstić information content (AvgIpc) is 4.08. The van der Waals surface area contributed by atoms with Crippen molar-refractivity contribution in [3.63, 3.8) is 0 Å². The minimum Gasteiger partial charge on any atom is -0.308 e. The minimum absolute atomic E-state index is 0.0823. The molecule has 0 amide bonds.